The largest absolute Gasteiger partial charge is 0.507 e. The van der Waals surface area contributed by atoms with Crippen LogP contribution in [0.4, 0.5) is 0 Å². The quantitative estimate of drug-likeness (QED) is 0.411. The molecule has 0 aliphatic heterocycles. The molecule has 0 heterocycles. The molecule has 0 aliphatic carbocycles. The minimum atomic E-state index is -0.211. The highest BCUT2D eigenvalue weighted by Crippen LogP contribution is 2.40. The number of nitrogens with one attached hydrogen (secondary N) is 1. The molecule has 2 aromatic rings. The molecule has 0 unspecified atom stereocenters. The van der Waals surface area contributed by atoms with E-state index in [1.54, 1.807) is 18.2 Å². The molecule has 4 nitrogen and oxygen atoms in total. The van der Waals surface area contributed by atoms with Crippen LogP contribution in [0.3, 0.4) is 0 Å². The molecule has 0 aliphatic rings. The molecular weight excluding hydrogens is 419 g/mol. The third-order valence-corrected chi connectivity index (χ3v) is 5.47. The number of hydrazone groups is 1. The Kier molecular flexibility index (Phi) is 7.59. The number of nitrogens with zero attached hydrogens (tertiary/aromatic N) is 1. The summed E-state index contributed by atoms with van der Waals surface area (Å²) in [4.78, 5) is 12.3. The zero-order chi connectivity index (χ0) is 22.7. The van der Waals surface area contributed by atoms with E-state index in [9.17, 15) is 9.90 Å². The predicted molar refractivity (Wildman–Crippen MR) is 126 cm³/mol. The Labute approximate surface area is 189 Å². The van der Waals surface area contributed by atoms with Crippen LogP contribution in [0.25, 0.3) is 0 Å². The molecule has 0 aromatic heterocycles. The van der Waals surface area contributed by atoms with E-state index >= 15 is 0 Å². The van der Waals surface area contributed by atoms with Crippen LogP contribution in [-0.2, 0) is 22.0 Å². The molecule has 0 saturated carbocycles. The van der Waals surface area contributed by atoms with Crippen molar-refractivity contribution in [3.63, 3.8) is 0 Å². The van der Waals surface area contributed by atoms with Crippen molar-refractivity contribution in [1.82, 2.24) is 5.43 Å². The van der Waals surface area contributed by atoms with E-state index < -0.39 is 0 Å². The summed E-state index contributed by atoms with van der Waals surface area (Å²) >= 11 is 12.2. The van der Waals surface area contributed by atoms with Crippen LogP contribution in [0, 0.1) is 0 Å². The van der Waals surface area contributed by atoms with Crippen molar-refractivity contribution in [2.45, 2.75) is 65.2 Å². The lowest BCUT2D eigenvalue weighted by Crippen LogP contribution is -2.20. The topological polar surface area (TPSA) is 61.7 Å². The third-order valence-electron chi connectivity index (χ3n) is 4.81. The Bertz CT molecular complexity index is 899. The lowest BCUT2D eigenvalue weighted by atomic mass is 9.78. The molecule has 0 bridgehead atoms. The first-order valence-corrected chi connectivity index (χ1v) is 10.7. The number of aryl methyl sites for hydroxylation is 1. The molecule has 2 N–H and O–H groups in total. The molecule has 0 saturated heterocycles. The van der Waals surface area contributed by atoms with Crippen molar-refractivity contribution in [1.29, 1.82) is 0 Å². The van der Waals surface area contributed by atoms with Gasteiger partial charge in [-0.25, -0.2) is 5.43 Å². The number of aromatic hydroxyl groups is 1. The molecule has 0 spiro atoms. The number of phenols is 1. The molecule has 0 radical (unpaired) electrons. The van der Waals surface area contributed by atoms with E-state index in [0.29, 0.717) is 27.8 Å². The highest BCUT2D eigenvalue weighted by Gasteiger charge is 2.26. The van der Waals surface area contributed by atoms with Gasteiger partial charge in [0, 0.05) is 12.0 Å². The summed E-state index contributed by atoms with van der Waals surface area (Å²) in [6.45, 7) is 12.4. The van der Waals surface area contributed by atoms with Crippen molar-refractivity contribution in [2.24, 2.45) is 5.10 Å². The minimum absolute atomic E-state index is 0.207. The third kappa shape index (κ3) is 6.23. The van der Waals surface area contributed by atoms with Crippen LogP contribution in [-0.4, -0.2) is 17.2 Å². The number of carbonyl (C=O) groups excluding carboxylic acids is 1. The van der Waals surface area contributed by atoms with E-state index in [-0.39, 0.29) is 23.2 Å². The van der Waals surface area contributed by atoms with E-state index in [4.69, 9.17) is 23.2 Å². The summed E-state index contributed by atoms with van der Waals surface area (Å²) in [5, 5.41) is 15.7. The second kappa shape index (κ2) is 9.40. The van der Waals surface area contributed by atoms with Crippen molar-refractivity contribution < 1.29 is 9.90 Å². The van der Waals surface area contributed by atoms with Crippen LogP contribution in [0.5, 0.6) is 5.75 Å². The van der Waals surface area contributed by atoms with Crippen LogP contribution < -0.4 is 5.43 Å². The second-order valence-electron chi connectivity index (χ2n) is 9.47. The zero-order valence-electron chi connectivity index (χ0n) is 18.4. The maximum Gasteiger partial charge on any atom is 0.240 e. The molecule has 0 fully saturated rings. The van der Waals surface area contributed by atoms with Gasteiger partial charge in [-0.15, -0.1) is 0 Å². The summed E-state index contributed by atoms with van der Waals surface area (Å²) in [5.41, 5.74) is 5.45. The summed E-state index contributed by atoms with van der Waals surface area (Å²) in [6, 6.07) is 9.15. The number of amides is 1. The molecule has 30 heavy (non-hydrogen) atoms. The van der Waals surface area contributed by atoms with Gasteiger partial charge in [0.25, 0.3) is 0 Å². The fourth-order valence-electron chi connectivity index (χ4n) is 3.10. The summed E-state index contributed by atoms with van der Waals surface area (Å²) < 4.78 is 0. The zero-order valence-corrected chi connectivity index (χ0v) is 19.9. The predicted octanol–water partition coefficient (Wildman–Crippen LogP) is 6.38. The number of halogens is 2. The van der Waals surface area contributed by atoms with Gasteiger partial charge < -0.3 is 5.11 Å². The fourth-order valence-corrected chi connectivity index (χ4v) is 3.59. The number of carbonyl (C=O) groups is 1. The SMILES string of the molecule is CC(C)(C)c1cc(CCC(=O)N/N=C\c2c(Cl)cccc2Cl)cc(C(C)(C)C)c1O. The molecule has 1 amide bonds. The van der Waals surface area contributed by atoms with Gasteiger partial charge in [-0.05, 0) is 46.1 Å². The van der Waals surface area contributed by atoms with Gasteiger partial charge in [-0.3, -0.25) is 4.79 Å². The van der Waals surface area contributed by atoms with Crippen LogP contribution in [0.1, 0.15) is 70.2 Å². The maximum absolute atomic E-state index is 12.3. The first-order valence-electron chi connectivity index (χ1n) is 9.93. The van der Waals surface area contributed by atoms with Gasteiger partial charge in [0.1, 0.15) is 5.75 Å². The van der Waals surface area contributed by atoms with E-state index in [1.165, 1.54) is 6.21 Å². The molecule has 6 heteroatoms. The average Bonchev–Trinajstić information content (AvgIpc) is 2.61. The lowest BCUT2D eigenvalue weighted by molar-refractivity contribution is -0.121. The summed E-state index contributed by atoms with van der Waals surface area (Å²) in [5.74, 6) is 0.126. The van der Waals surface area contributed by atoms with Crippen molar-refractivity contribution in [3.05, 3.63) is 62.6 Å². The van der Waals surface area contributed by atoms with Crippen molar-refractivity contribution in [3.8, 4) is 5.75 Å². The number of rotatable bonds is 5. The van der Waals surface area contributed by atoms with Gasteiger partial charge in [0.2, 0.25) is 5.91 Å². The van der Waals surface area contributed by atoms with Gasteiger partial charge in [0.15, 0.2) is 0 Å². The average molecular weight is 449 g/mol. The minimum Gasteiger partial charge on any atom is -0.507 e. The summed E-state index contributed by atoms with van der Waals surface area (Å²) in [6.07, 6.45) is 2.25. The van der Waals surface area contributed by atoms with Crippen LogP contribution in [0.15, 0.2) is 35.4 Å². The monoisotopic (exact) mass is 448 g/mol. The number of hydrogen-bond acceptors (Lipinski definition) is 3. The highest BCUT2D eigenvalue weighted by atomic mass is 35.5. The second-order valence-corrected chi connectivity index (χ2v) is 10.3. The first kappa shape index (κ1) is 24.2. The van der Waals surface area contributed by atoms with Crippen LogP contribution in [0.2, 0.25) is 10.0 Å². The Morgan fingerprint density at radius 3 is 2.00 bits per heavy atom. The standard InChI is InChI=1S/C24H30Cl2N2O2/c1-23(2,3)17-12-15(13-18(22(17)30)24(4,5)6)10-11-21(29)28-27-14-16-19(25)8-7-9-20(16)26/h7-9,12-14,30H,10-11H2,1-6H3,(H,28,29)/b27-14-. The Morgan fingerprint density at radius 1 is 1.03 bits per heavy atom. The number of phenolic OH excluding ortho intramolecular Hbond substituents is 1. The molecule has 2 rings (SSSR count). The van der Waals surface area contributed by atoms with Crippen molar-refractivity contribution in [2.75, 3.05) is 0 Å². The normalized spacial score (nSPS) is 12.4. The van der Waals surface area contributed by atoms with E-state index in [2.05, 4.69) is 52.1 Å². The highest BCUT2D eigenvalue weighted by molar-refractivity contribution is 6.38. The maximum atomic E-state index is 12.3. The molecular formula is C24H30Cl2N2O2. The Balaban J connectivity index is 2.13. The van der Waals surface area contributed by atoms with Crippen LogP contribution >= 0.6 is 23.2 Å². The summed E-state index contributed by atoms with van der Waals surface area (Å²) in [7, 11) is 0. The molecule has 0 atom stereocenters. The number of benzene rings is 2. The lowest BCUT2D eigenvalue weighted by Gasteiger charge is -2.28. The van der Waals surface area contributed by atoms with Gasteiger partial charge >= 0.3 is 0 Å². The van der Waals surface area contributed by atoms with Crippen molar-refractivity contribution >= 4 is 35.3 Å². The van der Waals surface area contributed by atoms with E-state index in [0.717, 1.165) is 16.7 Å². The first-order chi connectivity index (χ1) is 13.8. The van der Waals surface area contributed by atoms with Gasteiger partial charge in [-0.2, -0.15) is 5.10 Å². The molecule has 162 valence electrons. The number of hydrogen-bond donors (Lipinski definition) is 2. The van der Waals surface area contributed by atoms with Gasteiger partial charge in [0.05, 0.1) is 16.3 Å². The Hall–Kier alpha value is -2.04. The molecule has 2 aromatic carbocycles. The fraction of sp³-hybridized carbons (Fsp3) is 0.417. The van der Waals surface area contributed by atoms with Gasteiger partial charge in [-0.1, -0.05) is 82.9 Å². The van der Waals surface area contributed by atoms with E-state index in [1.807, 2.05) is 12.1 Å². The smallest absolute Gasteiger partial charge is 0.240 e. The Morgan fingerprint density at radius 2 is 1.53 bits per heavy atom.